The standard InChI is InChI=1S/C16H12Cl2N2OS/c1-10-4-2-3-5-13(10)15-19-20-16(21-15)22-9-11-6-7-12(17)8-14(11)18/h2-8H,9H2,1H3. The highest BCUT2D eigenvalue weighted by Crippen LogP contribution is 2.30. The number of aryl methyl sites for hydroxylation is 1. The van der Waals surface area contributed by atoms with E-state index in [1.807, 2.05) is 43.3 Å². The van der Waals surface area contributed by atoms with Crippen molar-refractivity contribution in [3.8, 4) is 11.5 Å². The molecule has 0 aliphatic rings. The summed E-state index contributed by atoms with van der Waals surface area (Å²) in [5, 5.41) is 9.96. The Labute approximate surface area is 142 Å². The van der Waals surface area contributed by atoms with Crippen LogP contribution in [-0.4, -0.2) is 10.2 Å². The van der Waals surface area contributed by atoms with Crippen molar-refractivity contribution in [2.45, 2.75) is 17.9 Å². The lowest BCUT2D eigenvalue weighted by Gasteiger charge is -2.02. The molecule has 0 radical (unpaired) electrons. The maximum atomic E-state index is 6.15. The Hall–Kier alpha value is -1.49. The first-order valence-electron chi connectivity index (χ1n) is 6.60. The van der Waals surface area contributed by atoms with Gasteiger partial charge in [0.1, 0.15) is 0 Å². The fourth-order valence-corrected chi connectivity index (χ4v) is 3.29. The van der Waals surface area contributed by atoms with Gasteiger partial charge in [-0.2, -0.15) is 0 Å². The minimum absolute atomic E-state index is 0.518. The summed E-state index contributed by atoms with van der Waals surface area (Å²) in [6.07, 6.45) is 0. The fraction of sp³-hybridized carbons (Fsp3) is 0.125. The van der Waals surface area contributed by atoms with E-state index < -0.39 is 0 Å². The second-order valence-corrected chi connectivity index (χ2v) is 6.48. The third-order valence-electron chi connectivity index (χ3n) is 3.15. The molecule has 0 amide bonds. The second-order valence-electron chi connectivity index (χ2n) is 4.71. The summed E-state index contributed by atoms with van der Waals surface area (Å²) in [7, 11) is 0. The summed E-state index contributed by atoms with van der Waals surface area (Å²) in [4.78, 5) is 0. The number of rotatable bonds is 4. The molecule has 0 aliphatic carbocycles. The van der Waals surface area contributed by atoms with Crippen molar-refractivity contribution in [3.05, 3.63) is 63.6 Å². The number of halogens is 2. The van der Waals surface area contributed by atoms with Crippen molar-refractivity contribution in [2.24, 2.45) is 0 Å². The van der Waals surface area contributed by atoms with E-state index in [-0.39, 0.29) is 0 Å². The molecule has 112 valence electrons. The number of aromatic nitrogens is 2. The van der Waals surface area contributed by atoms with Gasteiger partial charge in [0.25, 0.3) is 5.22 Å². The SMILES string of the molecule is Cc1ccccc1-c1nnc(SCc2ccc(Cl)cc2Cl)o1. The van der Waals surface area contributed by atoms with E-state index in [0.717, 1.165) is 16.7 Å². The van der Waals surface area contributed by atoms with Gasteiger partial charge < -0.3 is 4.42 Å². The van der Waals surface area contributed by atoms with Crippen LogP contribution in [0.25, 0.3) is 11.5 Å². The molecule has 0 aliphatic heterocycles. The van der Waals surface area contributed by atoms with Crippen LogP contribution in [0.15, 0.2) is 52.1 Å². The Kier molecular flexibility index (Phi) is 4.71. The molecule has 0 saturated heterocycles. The molecule has 1 aromatic heterocycles. The Morgan fingerprint density at radius 1 is 1.09 bits per heavy atom. The summed E-state index contributed by atoms with van der Waals surface area (Å²) in [6, 6.07) is 13.4. The van der Waals surface area contributed by atoms with Crippen LogP contribution >= 0.6 is 35.0 Å². The maximum absolute atomic E-state index is 6.15. The predicted octanol–water partition coefficient (Wildman–Crippen LogP) is 5.64. The molecule has 22 heavy (non-hydrogen) atoms. The highest BCUT2D eigenvalue weighted by atomic mass is 35.5. The highest BCUT2D eigenvalue weighted by Gasteiger charge is 2.11. The molecule has 3 aromatic rings. The van der Waals surface area contributed by atoms with Crippen molar-refractivity contribution >= 4 is 35.0 Å². The first-order valence-corrected chi connectivity index (χ1v) is 8.34. The molecule has 0 bridgehead atoms. The van der Waals surface area contributed by atoms with Gasteiger partial charge in [0, 0.05) is 21.4 Å². The number of benzene rings is 2. The largest absolute Gasteiger partial charge is 0.411 e. The van der Waals surface area contributed by atoms with Crippen molar-refractivity contribution < 1.29 is 4.42 Å². The second kappa shape index (κ2) is 6.73. The minimum Gasteiger partial charge on any atom is -0.411 e. The summed E-state index contributed by atoms with van der Waals surface area (Å²) in [5.74, 6) is 1.17. The zero-order valence-corrected chi connectivity index (χ0v) is 14.0. The van der Waals surface area contributed by atoms with E-state index in [2.05, 4.69) is 10.2 Å². The van der Waals surface area contributed by atoms with Gasteiger partial charge in [-0.3, -0.25) is 0 Å². The van der Waals surface area contributed by atoms with Gasteiger partial charge >= 0.3 is 0 Å². The quantitative estimate of drug-likeness (QED) is 0.570. The summed E-state index contributed by atoms with van der Waals surface area (Å²) in [5.41, 5.74) is 3.03. The molecule has 0 atom stereocenters. The topological polar surface area (TPSA) is 38.9 Å². The molecule has 3 nitrogen and oxygen atoms in total. The smallest absolute Gasteiger partial charge is 0.277 e. The van der Waals surface area contributed by atoms with Crippen molar-refractivity contribution in [3.63, 3.8) is 0 Å². The zero-order chi connectivity index (χ0) is 15.5. The Bertz CT molecular complexity index is 804. The number of hydrogen-bond acceptors (Lipinski definition) is 4. The van der Waals surface area contributed by atoms with Gasteiger partial charge in [-0.15, -0.1) is 10.2 Å². The van der Waals surface area contributed by atoms with Crippen LogP contribution in [0.2, 0.25) is 10.0 Å². The van der Waals surface area contributed by atoms with Gasteiger partial charge in [-0.25, -0.2) is 0 Å². The number of nitrogens with zero attached hydrogens (tertiary/aromatic N) is 2. The van der Waals surface area contributed by atoms with Crippen LogP contribution in [0.1, 0.15) is 11.1 Å². The highest BCUT2D eigenvalue weighted by molar-refractivity contribution is 7.98. The molecule has 1 heterocycles. The van der Waals surface area contributed by atoms with E-state index in [1.165, 1.54) is 11.8 Å². The molecule has 0 N–H and O–H groups in total. The van der Waals surface area contributed by atoms with Gasteiger partial charge in [0.15, 0.2) is 0 Å². The van der Waals surface area contributed by atoms with E-state index in [0.29, 0.717) is 26.9 Å². The van der Waals surface area contributed by atoms with Crippen molar-refractivity contribution in [1.29, 1.82) is 0 Å². The molecule has 0 saturated carbocycles. The predicted molar refractivity (Wildman–Crippen MR) is 90.5 cm³/mol. The van der Waals surface area contributed by atoms with Gasteiger partial charge in [0.05, 0.1) is 0 Å². The summed E-state index contributed by atoms with van der Waals surface area (Å²) >= 11 is 13.5. The minimum atomic E-state index is 0.518. The first kappa shape index (κ1) is 15.4. The normalized spacial score (nSPS) is 10.9. The molecule has 0 fully saturated rings. The fourth-order valence-electron chi connectivity index (χ4n) is 1.97. The molecule has 6 heteroatoms. The van der Waals surface area contributed by atoms with Crippen LogP contribution < -0.4 is 0 Å². The Morgan fingerprint density at radius 3 is 2.68 bits per heavy atom. The van der Waals surface area contributed by atoms with Crippen LogP contribution in [-0.2, 0) is 5.75 Å². The van der Waals surface area contributed by atoms with Gasteiger partial charge in [0.2, 0.25) is 5.89 Å². The average Bonchev–Trinajstić information content (AvgIpc) is 2.95. The number of thioether (sulfide) groups is 1. The molecule has 2 aromatic carbocycles. The zero-order valence-electron chi connectivity index (χ0n) is 11.7. The Balaban J connectivity index is 1.74. The van der Waals surface area contributed by atoms with Crippen LogP contribution in [0, 0.1) is 6.92 Å². The van der Waals surface area contributed by atoms with E-state index in [1.54, 1.807) is 6.07 Å². The first-order chi connectivity index (χ1) is 10.6. The third kappa shape index (κ3) is 3.46. The van der Waals surface area contributed by atoms with Crippen molar-refractivity contribution in [2.75, 3.05) is 0 Å². The maximum Gasteiger partial charge on any atom is 0.277 e. The van der Waals surface area contributed by atoms with E-state index >= 15 is 0 Å². The Morgan fingerprint density at radius 2 is 1.91 bits per heavy atom. The lowest BCUT2D eigenvalue weighted by Crippen LogP contribution is -1.82. The average molecular weight is 351 g/mol. The van der Waals surface area contributed by atoms with Crippen LogP contribution in [0.4, 0.5) is 0 Å². The molecule has 3 rings (SSSR count). The van der Waals surface area contributed by atoms with Crippen LogP contribution in [0.3, 0.4) is 0 Å². The lowest BCUT2D eigenvalue weighted by atomic mass is 10.1. The number of hydrogen-bond donors (Lipinski definition) is 0. The molecule has 0 unspecified atom stereocenters. The molecular formula is C16H12Cl2N2OS. The van der Waals surface area contributed by atoms with Gasteiger partial charge in [-0.05, 0) is 36.2 Å². The van der Waals surface area contributed by atoms with Gasteiger partial charge in [-0.1, -0.05) is 59.2 Å². The molecule has 0 spiro atoms. The van der Waals surface area contributed by atoms with E-state index in [9.17, 15) is 0 Å². The van der Waals surface area contributed by atoms with Crippen LogP contribution in [0.5, 0.6) is 0 Å². The molecular weight excluding hydrogens is 339 g/mol. The van der Waals surface area contributed by atoms with Crippen molar-refractivity contribution in [1.82, 2.24) is 10.2 Å². The van der Waals surface area contributed by atoms with E-state index in [4.69, 9.17) is 27.6 Å². The lowest BCUT2D eigenvalue weighted by molar-refractivity contribution is 0.465. The monoisotopic (exact) mass is 350 g/mol. The third-order valence-corrected chi connectivity index (χ3v) is 4.60. The summed E-state index contributed by atoms with van der Waals surface area (Å²) < 4.78 is 5.71. The summed E-state index contributed by atoms with van der Waals surface area (Å²) in [6.45, 7) is 2.01.